The molecule has 190 valence electrons. The molecule has 4 aliphatic rings. The Labute approximate surface area is 218 Å². The zero-order chi connectivity index (χ0) is 24.4. The van der Waals surface area contributed by atoms with Gasteiger partial charge in [-0.1, -0.05) is 73.0 Å². The SMILES string of the molecule is O[C@](c1ccccc1)(c1noc(C[N+]23CCC(CC2)C(CSc2ccccc2)C3)n1)C1CCCCC1. The lowest BCUT2D eigenvalue weighted by Gasteiger charge is -2.52. The predicted octanol–water partition coefficient (Wildman–Crippen LogP) is 6.03. The van der Waals surface area contributed by atoms with Crippen LogP contribution >= 0.6 is 11.8 Å². The molecule has 1 saturated carbocycles. The lowest BCUT2D eigenvalue weighted by molar-refractivity contribution is -0.959. The van der Waals surface area contributed by atoms with Crippen LogP contribution in [0, 0.1) is 17.8 Å². The summed E-state index contributed by atoms with van der Waals surface area (Å²) < 4.78 is 6.94. The first-order chi connectivity index (χ1) is 17.6. The van der Waals surface area contributed by atoms with Crippen molar-refractivity contribution in [2.24, 2.45) is 17.8 Å². The normalized spacial score (nSPS) is 28.1. The van der Waals surface area contributed by atoms with E-state index in [0.29, 0.717) is 11.7 Å². The van der Waals surface area contributed by atoms with Gasteiger partial charge in [0.1, 0.15) is 0 Å². The van der Waals surface area contributed by atoms with Crippen LogP contribution in [0.2, 0.25) is 0 Å². The Hall–Kier alpha value is -2.15. The van der Waals surface area contributed by atoms with Gasteiger partial charge in [0.2, 0.25) is 5.82 Å². The second-order valence-corrected chi connectivity index (χ2v) is 12.4. The van der Waals surface area contributed by atoms with Crippen LogP contribution in [0.15, 0.2) is 70.1 Å². The molecule has 6 heteroatoms. The zero-order valence-corrected chi connectivity index (χ0v) is 21.9. The van der Waals surface area contributed by atoms with E-state index in [-0.39, 0.29) is 5.92 Å². The highest BCUT2D eigenvalue weighted by atomic mass is 32.2. The third-order valence-corrected chi connectivity index (χ3v) is 10.3. The first kappa shape index (κ1) is 24.2. The Morgan fingerprint density at radius 1 is 0.917 bits per heavy atom. The summed E-state index contributed by atoms with van der Waals surface area (Å²) in [5.41, 5.74) is -0.305. The Morgan fingerprint density at radius 2 is 1.61 bits per heavy atom. The van der Waals surface area contributed by atoms with E-state index in [0.717, 1.165) is 54.1 Å². The quantitative estimate of drug-likeness (QED) is 0.300. The molecular weight excluding hydrogens is 466 g/mol. The standard InChI is InChI=1S/C30H38N3O2S/c34-30(25-10-4-1-5-11-25,26-12-6-2-7-13-26)29-31-28(35-32-29)21-33-18-16-23(17-19-33)24(20-33)22-36-27-14-8-3-9-15-27/h1,3-5,8-11,14-15,23-24,26,34H,2,6-7,12-13,16-22H2/q+1/t23?,24?,30-,33?/m0/s1. The minimum atomic E-state index is -1.19. The van der Waals surface area contributed by atoms with Gasteiger partial charge in [-0.15, -0.1) is 11.8 Å². The van der Waals surface area contributed by atoms with Crippen molar-refractivity contribution < 1.29 is 14.1 Å². The number of piperidine rings is 3. The van der Waals surface area contributed by atoms with Crippen LogP contribution in [-0.2, 0) is 12.1 Å². The van der Waals surface area contributed by atoms with Crippen LogP contribution in [0.5, 0.6) is 0 Å². The smallest absolute Gasteiger partial charge is 0.282 e. The number of benzene rings is 2. The Balaban J connectivity index is 1.20. The molecule has 3 aromatic rings. The maximum atomic E-state index is 12.2. The third kappa shape index (κ3) is 4.75. The van der Waals surface area contributed by atoms with Crippen molar-refractivity contribution in [1.29, 1.82) is 0 Å². The van der Waals surface area contributed by atoms with Gasteiger partial charge in [0.15, 0.2) is 12.1 Å². The molecule has 1 unspecified atom stereocenters. The van der Waals surface area contributed by atoms with E-state index in [4.69, 9.17) is 9.51 Å². The summed E-state index contributed by atoms with van der Waals surface area (Å²) in [5.74, 6) is 4.01. The summed E-state index contributed by atoms with van der Waals surface area (Å²) in [5, 5.41) is 16.6. The molecule has 5 nitrogen and oxygen atoms in total. The summed E-state index contributed by atoms with van der Waals surface area (Å²) in [4.78, 5) is 6.27. The Kier molecular flexibility index (Phi) is 6.93. The molecule has 0 radical (unpaired) electrons. The molecule has 2 bridgehead atoms. The van der Waals surface area contributed by atoms with Crippen molar-refractivity contribution in [2.75, 3.05) is 25.4 Å². The fourth-order valence-electron chi connectivity index (χ4n) is 7.09. The lowest BCUT2D eigenvalue weighted by atomic mass is 9.73. The molecule has 36 heavy (non-hydrogen) atoms. The molecule has 4 fully saturated rings. The van der Waals surface area contributed by atoms with Gasteiger partial charge >= 0.3 is 0 Å². The zero-order valence-electron chi connectivity index (χ0n) is 21.1. The predicted molar refractivity (Wildman–Crippen MR) is 142 cm³/mol. The number of rotatable bonds is 8. The van der Waals surface area contributed by atoms with Gasteiger partial charge in [-0.25, -0.2) is 0 Å². The molecule has 3 aliphatic heterocycles. The van der Waals surface area contributed by atoms with Gasteiger partial charge in [0.25, 0.3) is 5.89 Å². The van der Waals surface area contributed by atoms with Gasteiger partial charge in [-0.05, 0) is 42.4 Å². The number of fused-ring (bicyclic) bond motifs is 3. The van der Waals surface area contributed by atoms with Gasteiger partial charge in [0.05, 0.1) is 19.6 Å². The maximum absolute atomic E-state index is 12.2. The van der Waals surface area contributed by atoms with E-state index in [2.05, 4.69) is 35.5 Å². The monoisotopic (exact) mass is 504 g/mol. The molecule has 7 rings (SSSR count). The maximum Gasteiger partial charge on any atom is 0.282 e. The van der Waals surface area contributed by atoms with Gasteiger partial charge in [0, 0.05) is 29.4 Å². The van der Waals surface area contributed by atoms with Crippen LogP contribution in [0.4, 0.5) is 0 Å². The van der Waals surface area contributed by atoms with E-state index >= 15 is 0 Å². The Morgan fingerprint density at radius 3 is 2.33 bits per heavy atom. The average molecular weight is 505 g/mol. The largest absolute Gasteiger partial charge is 0.377 e. The first-order valence-electron chi connectivity index (χ1n) is 13.8. The highest BCUT2D eigenvalue weighted by Crippen LogP contribution is 2.44. The molecule has 4 heterocycles. The van der Waals surface area contributed by atoms with Crippen LogP contribution in [-0.4, -0.2) is 45.1 Å². The minimum Gasteiger partial charge on any atom is -0.377 e. The van der Waals surface area contributed by atoms with Crippen molar-refractivity contribution >= 4 is 11.8 Å². The second-order valence-electron chi connectivity index (χ2n) is 11.3. The molecule has 1 N–H and O–H groups in total. The van der Waals surface area contributed by atoms with Crippen LogP contribution < -0.4 is 0 Å². The van der Waals surface area contributed by atoms with Crippen molar-refractivity contribution in [3.05, 3.63) is 77.9 Å². The minimum absolute atomic E-state index is 0.122. The number of aromatic nitrogens is 2. The van der Waals surface area contributed by atoms with Crippen LogP contribution in [0.25, 0.3) is 0 Å². The third-order valence-electron chi connectivity index (χ3n) is 9.13. The number of hydrogen-bond donors (Lipinski definition) is 1. The fraction of sp³-hybridized carbons (Fsp3) is 0.533. The molecule has 0 spiro atoms. The van der Waals surface area contributed by atoms with E-state index in [1.54, 1.807) is 0 Å². The van der Waals surface area contributed by atoms with Crippen LogP contribution in [0.1, 0.15) is 62.2 Å². The molecule has 1 aliphatic carbocycles. The van der Waals surface area contributed by atoms with E-state index in [1.165, 1.54) is 49.5 Å². The molecule has 2 aromatic carbocycles. The highest BCUT2D eigenvalue weighted by molar-refractivity contribution is 7.99. The number of aliphatic hydroxyl groups is 1. The number of thioether (sulfide) groups is 1. The summed E-state index contributed by atoms with van der Waals surface area (Å²) in [7, 11) is 0. The summed E-state index contributed by atoms with van der Waals surface area (Å²) in [6.07, 6.45) is 8.11. The summed E-state index contributed by atoms with van der Waals surface area (Å²) in [6.45, 7) is 4.36. The molecule has 1 aromatic heterocycles. The highest BCUT2D eigenvalue weighted by Gasteiger charge is 2.48. The fourth-order valence-corrected chi connectivity index (χ4v) is 8.22. The Bertz CT molecular complexity index is 1120. The van der Waals surface area contributed by atoms with Crippen molar-refractivity contribution in [3.63, 3.8) is 0 Å². The van der Waals surface area contributed by atoms with Gasteiger partial charge in [-0.3, -0.25) is 0 Å². The van der Waals surface area contributed by atoms with E-state index < -0.39 is 5.60 Å². The lowest BCUT2D eigenvalue weighted by Crippen LogP contribution is -2.61. The average Bonchev–Trinajstić information content (AvgIpc) is 3.42. The van der Waals surface area contributed by atoms with E-state index in [9.17, 15) is 5.11 Å². The van der Waals surface area contributed by atoms with Gasteiger partial charge < -0.3 is 14.1 Å². The number of hydrogen-bond acceptors (Lipinski definition) is 5. The number of nitrogens with zero attached hydrogens (tertiary/aromatic N) is 3. The van der Waals surface area contributed by atoms with Crippen LogP contribution in [0.3, 0.4) is 0 Å². The topological polar surface area (TPSA) is 59.2 Å². The molecule has 3 saturated heterocycles. The van der Waals surface area contributed by atoms with Crippen molar-refractivity contribution in [3.8, 4) is 0 Å². The van der Waals surface area contributed by atoms with Crippen molar-refractivity contribution in [1.82, 2.24) is 10.1 Å². The van der Waals surface area contributed by atoms with Crippen molar-refractivity contribution in [2.45, 2.75) is 62.0 Å². The first-order valence-corrected chi connectivity index (χ1v) is 14.8. The molecular formula is C30H38N3O2S+. The molecule has 2 atom stereocenters. The van der Waals surface area contributed by atoms with E-state index in [1.807, 2.05) is 42.1 Å². The molecule has 0 amide bonds. The summed E-state index contributed by atoms with van der Waals surface area (Å²) >= 11 is 2.00. The second kappa shape index (κ2) is 10.3. The summed E-state index contributed by atoms with van der Waals surface area (Å²) in [6, 6.07) is 20.8. The number of quaternary nitrogens is 1. The van der Waals surface area contributed by atoms with Gasteiger partial charge in [-0.2, -0.15) is 4.98 Å².